The van der Waals surface area contributed by atoms with Gasteiger partial charge in [-0.1, -0.05) is 11.6 Å². The Morgan fingerprint density at radius 2 is 2.39 bits per heavy atom. The predicted molar refractivity (Wildman–Crippen MR) is 66.9 cm³/mol. The van der Waals surface area contributed by atoms with E-state index in [2.05, 4.69) is 5.32 Å². The molecule has 0 aliphatic carbocycles. The summed E-state index contributed by atoms with van der Waals surface area (Å²) in [4.78, 5) is 12.1. The molecule has 3 N–H and O–H groups in total. The number of carbonyl (C=O) groups excluding carboxylic acids is 1. The first-order valence-corrected chi connectivity index (χ1v) is 5.91. The van der Waals surface area contributed by atoms with Crippen molar-refractivity contribution in [3.63, 3.8) is 0 Å². The lowest BCUT2D eigenvalue weighted by Gasteiger charge is -2.25. The fourth-order valence-corrected chi connectivity index (χ4v) is 1.95. The van der Waals surface area contributed by atoms with Crippen LogP contribution < -0.4 is 11.1 Å². The first-order valence-electron chi connectivity index (χ1n) is 5.53. The number of benzene rings is 1. The van der Waals surface area contributed by atoms with Crippen LogP contribution in [0.3, 0.4) is 0 Å². The van der Waals surface area contributed by atoms with Crippen LogP contribution >= 0.6 is 11.6 Å². The van der Waals surface area contributed by atoms with Crippen molar-refractivity contribution >= 4 is 23.2 Å². The molecule has 2 unspecified atom stereocenters. The summed E-state index contributed by atoms with van der Waals surface area (Å²) >= 11 is 5.76. The molecule has 98 valence electrons. The molecule has 1 aliphatic rings. The monoisotopic (exact) mass is 272 g/mol. The molecule has 4 nitrogen and oxygen atoms in total. The number of rotatable bonds is 2. The molecule has 1 aromatic rings. The van der Waals surface area contributed by atoms with Gasteiger partial charge in [0.05, 0.1) is 24.3 Å². The Morgan fingerprint density at radius 3 is 3.00 bits per heavy atom. The van der Waals surface area contributed by atoms with Crippen molar-refractivity contribution < 1.29 is 13.9 Å². The lowest BCUT2D eigenvalue weighted by molar-refractivity contribution is -0.125. The second-order valence-electron chi connectivity index (χ2n) is 4.62. The normalized spacial score (nSPS) is 27.2. The highest BCUT2D eigenvalue weighted by Crippen LogP contribution is 2.29. The van der Waals surface area contributed by atoms with Crippen molar-refractivity contribution in [2.24, 2.45) is 11.1 Å². The average molecular weight is 273 g/mol. The van der Waals surface area contributed by atoms with Gasteiger partial charge in [-0.25, -0.2) is 4.39 Å². The smallest absolute Gasteiger partial charge is 0.234 e. The van der Waals surface area contributed by atoms with Gasteiger partial charge in [-0.15, -0.1) is 0 Å². The van der Waals surface area contributed by atoms with E-state index in [9.17, 15) is 9.18 Å². The van der Waals surface area contributed by atoms with Gasteiger partial charge in [-0.3, -0.25) is 4.79 Å². The molecule has 2 rings (SSSR count). The zero-order chi connectivity index (χ0) is 13.3. The third kappa shape index (κ3) is 2.34. The topological polar surface area (TPSA) is 64.3 Å². The molecule has 0 spiro atoms. The Labute approximate surface area is 109 Å². The summed E-state index contributed by atoms with van der Waals surface area (Å²) in [5, 5.41) is 2.86. The van der Waals surface area contributed by atoms with Gasteiger partial charge in [-0.05, 0) is 25.1 Å². The molecule has 1 aliphatic heterocycles. The van der Waals surface area contributed by atoms with Gasteiger partial charge in [0, 0.05) is 11.1 Å². The van der Waals surface area contributed by atoms with E-state index in [1.54, 1.807) is 6.92 Å². The Bertz CT molecular complexity index is 483. The summed E-state index contributed by atoms with van der Waals surface area (Å²) in [7, 11) is 0. The second kappa shape index (κ2) is 4.84. The first kappa shape index (κ1) is 13.3. The summed E-state index contributed by atoms with van der Waals surface area (Å²) in [5.74, 6) is -0.905. The third-order valence-electron chi connectivity index (χ3n) is 3.21. The Morgan fingerprint density at radius 1 is 1.67 bits per heavy atom. The highest BCUT2D eigenvalue weighted by molar-refractivity contribution is 6.30. The summed E-state index contributed by atoms with van der Waals surface area (Å²) < 4.78 is 18.7. The fourth-order valence-electron chi connectivity index (χ4n) is 1.78. The zero-order valence-electron chi connectivity index (χ0n) is 9.87. The summed E-state index contributed by atoms with van der Waals surface area (Å²) in [6, 6.07) is 3.57. The second-order valence-corrected chi connectivity index (χ2v) is 5.05. The number of hydrogen-bond donors (Lipinski definition) is 2. The maximum Gasteiger partial charge on any atom is 0.234 e. The zero-order valence-corrected chi connectivity index (χ0v) is 10.6. The van der Waals surface area contributed by atoms with E-state index in [-0.39, 0.29) is 18.2 Å². The SMILES string of the molecule is CC1(C(=O)Nc2cc(Cl)ccc2F)COCC1N. The lowest BCUT2D eigenvalue weighted by atomic mass is 9.85. The van der Waals surface area contributed by atoms with Gasteiger partial charge in [-0.2, -0.15) is 0 Å². The lowest BCUT2D eigenvalue weighted by Crippen LogP contribution is -2.47. The van der Waals surface area contributed by atoms with E-state index < -0.39 is 17.3 Å². The minimum Gasteiger partial charge on any atom is -0.379 e. The number of halogens is 2. The fraction of sp³-hybridized carbons (Fsp3) is 0.417. The minimum atomic E-state index is -0.852. The van der Waals surface area contributed by atoms with Crippen LogP contribution in [0.25, 0.3) is 0 Å². The first-order chi connectivity index (χ1) is 8.43. The van der Waals surface area contributed by atoms with E-state index in [0.29, 0.717) is 11.6 Å². The summed E-state index contributed by atoms with van der Waals surface area (Å²) in [5.41, 5.74) is 5.03. The van der Waals surface area contributed by atoms with Crippen LogP contribution in [-0.2, 0) is 9.53 Å². The van der Waals surface area contributed by atoms with Crippen molar-refractivity contribution in [2.75, 3.05) is 18.5 Å². The number of anilines is 1. The quantitative estimate of drug-likeness (QED) is 0.863. The molecule has 0 saturated carbocycles. The Balaban J connectivity index is 2.19. The largest absolute Gasteiger partial charge is 0.379 e. The number of nitrogens with two attached hydrogens (primary N) is 1. The van der Waals surface area contributed by atoms with Gasteiger partial charge in [0.15, 0.2) is 0 Å². The molecule has 0 radical (unpaired) electrons. The van der Waals surface area contributed by atoms with Gasteiger partial charge in [0.1, 0.15) is 5.82 Å². The Hall–Kier alpha value is -1.17. The molecule has 1 heterocycles. The molecular weight excluding hydrogens is 259 g/mol. The van der Waals surface area contributed by atoms with Gasteiger partial charge in [0.2, 0.25) is 5.91 Å². The van der Waals surface area contributed by atoms with Crippen molar-refractivity contribution in [3.8, 4) is 0 Å². The molecule has 18 heavy (non-hydrogen) atoms. The van der Waals surface area contributed by atoms with Crippen molar-refractivity contribution in [1.29, 1.82) is 0 Å². The van der Waals surface area contributed by atoms with Gasteiger partial charge < -0.3 is 15.8 Å². The average Bonchev–Trinajstić information content (AvgIpc) is 2.66. The van der Waals surface area contributed by atoms with Crippen LogP contribution in [0.4, 0.5) is 10.1 Å². The van der Waals surface area contributed by atoms with Crippen LogP contribution in [0, 0.1) is 11.2 Å². The van der Waals surface area contributed by atoms with Gasteiger partial charge in [0.25, 0.3) is 0 Å². The molecule has 1 fully saturated rings. The summed E-state index contributed by atoms with van der Waals surface area (Å²) in [6.45, 7) is 2.24. The van der Waals surface area contributed by atoms with Crippen molar-refractivity contribution in [1.82, 2.24) is 0 Å². The summed E-state index contributed by atoms with van der Waals surface area (Å²) in [6.07, 6.45) is 0. The molecule has 2 atom stereocenters. The maximum atomic E-state index is 13.5. The van der Waals surface area contributed by atoms with E-state index >= 15 is 0 Å². The molecule has 1 amide bonds. The number of nitrogens with one attached hydrogen (secondary N) is 1. The van der Waals surface area contributed by atoms with E-state index in [4.69, 9.17) is 22.1 Å². The van der Waals surface area contributed by atoms with Crippen molar-refractivity contribution in [2.45, 2.75) is 13.0 Å². The highest BCUT2D eigenvalue weighted by atomic mass is 35.5. The molecule has 6 heteroatoms. The molecule has 0 aromatic heterocycles. The maximum absolute atomic E-state index is 13.5. The van der Waals surface area contributed by atoms with Crippen LogP contribution in [-0.4, -0.2) is 25.2 Å². The standard InChI is InChI=1S/C12H14ClFN2O2/c1-12(6-18-5-10(12)15)11(17)16-9-4-7(13)2-3-8(9)14/h2-4,10H,5-6,15H2,1H3,(H,16,17). The van der Waals surface area contributed by atoms with E-state index in [1.807, 2.05) is 0 Å². The minimum absolute atomic E-state index is 0.0489. The van der Waals surface area contributed by atoms with Crippen LogP contribution in [0.15, 0.2) is 18.2 Å². The number of amides is 1. The predicted octanol–water partition coefficient (Wildman–Crippen LogP) is 1.78. The van der Waals surface area contributed by atoms with E-state index in [0.717, 1.165) is 0 Å². The van der Waals surface area contributed by atoms with Gasteiger partial charge >= 0.3 is 0 Å². The number of ether oxygens (including phenoxy) is 1. The number of carbonyl (C=O) groups is 1. The molecule has 0 bridgehead atoms. The molecule has 1 saturated heterocycles. The van der Waals surface area contributed by atoms with E-state index in [1.165, 1.54) is 18.2 Å². The number of hydrogen-bond acceptors (Lipinski definition) is 3. The molecular formula is C12H14ClFN2O2. The van der Waals surface area contributed by atoms with Crippen LogP contribution in [0.2, 0.25) is 5.02 Å². The van der Waals surface area contributed by atoms with Crippen LogP contribution in [0.1, 0.15) is 6.92 Å². The van der Waals surface area contributed by atoms with Crippen LogP contribution in [0.5, 0.6) is 0 Å². The highest BCUT2D eigenvalue weighted by Gasteiger charge is 2.44. The third-order valence-corrected chi connectivity index (χ3v) is 3.45. The Kier molecular flexibility index (Phi) is 3.56. The molecule has 1 aromatic carbocycles. The van der Waals surface area contributed by atoms with Crippen molar-refractivity contribution in [3.05, 3.63) is 29.0 Å².